The van der Waals surface area contributed by atoms with Crippen molar-refractivity contribution in [2.75, 3.05) is 13.2 Å². The molecule has 4 rings (SSSR count). The Morgan fingerprint density at radius 2 is 1.88 bits per heavy atom. The third-order valence-electron chi connectivity index (χ3n) is 5.91. The first kappa shape index (κ1) is 23.9. The van der Waals surface area contributed by atoms with Crippen LogP contribution in [0.25, 0.3) is 11.8 Å². The van der Waals surface area contributed by atoms with E-state index in [2.05, 4.69) is 24.6 Å². The van der Waals surface area contributed by atoms with Gasteiger partial charge in [0.25, 0.3) is 0 Å². The average molecular weight is 455 g/mol. The highest BCUT2D eigenvalue weighted by Crippen LogP contribution is 2.32. The molecule has 4 heteroatoms. The summed E-state index contributed by atoms with van der Waals surface area (Å²) in [5, 5.41) is 10.7. The summed E-state index contributed by atoms with van der Waals surface area (Å²) in [5.74, 6) is 0.817. The second kappa shape index (κ2) is 12.3. The number of hydrogen-bond acceptors (Lipinski definition) is 4. The van der Waals surface area contributed by atoms with Crippen molar-refractivity contribution in [2.45, 2.75) is 32.0 Å². The molecule has 2 aliphatic rings. The van der Waals surface area contributed by atoms with Gasteiger partial charge in [0.15, 0.2) is 12.0 Å². The summed E-state index contributed by atoms with van der Waals surface area (Å²) in [6, 6.07) is 17.2. The summed E-state index contributed by atoms with van der Waals surface area (Å²) in [6.45, 7) is 8.39. The van der Waals surface area contributed by atoms with Crippen molar-refractivity contribution in [3.63, 3.8) is 0 Å². The van der Waals surface area contributed by atoms with Gasteiger partial charge in [-0.1, -0.05) is 54.3 Å². The van der Waals surface area contributed by atoms with Crippen molar-refractivity contribution in [2.24, 2.45) is 11.8 Å². The summed E-state index contributed by atoms with van der Waals surface area (Å²) >= 11 is 0. The minimum atomic E-state index is -0.190. The monoisotopic (exact) mass is 454 g/mol. The van der Waals surface area contributed by atoms with E-state index in [4.69, 9.17) is 14.2 Å². The van der Waals surface area contributed by atoms with Crippen LogP contribution in [0.5, 0.6) is 5.75 Å². The van der Waals surface area contributed by atoms with Gasteiger partial charge in [0.2, 0.25) is 0 Å². The Bertz CT molecular complexity index is 1060. The molecule has 2 fully saturated rings. The average Bonchev–Trinajstić information content (AvgIpc) is 2.90. The quantitative estimate of drug-likeness (QED) is 0.217. The first-order valence-corrected chi connectivity index (χ1v) is 11.8. The van der Waals surface area contributed by atoms with Gasteiger partial charge < -0.3 is 19.3 Å². The maximum Gasteiger partial charge on any atom is 0.199 e. The molecule has 0 aliphatic carbocycles. The lowest BCUT2D eigenvalue weighted by molar-refractivity contribution is -0.105. The lowest BCUT2D eigenvalue weighted by atomic mass is 9.83. The summed E-state index contributed by atoms with van der Waals surface area (Å²) in [6.07, 6.45) is 9.45. The smallest absolute Gasteiger partial charge is 0.199 e. The number of hydrogen-bond donors (Lipinski definition) is 1. The summed E-state index contributed by atoms with van der Waals surface area (Å²) < 4.78 is 17.0. The lowest BCUT2D eigenvalue weighted by Gasteiger charge is -2.27. The van der Waals surface area contributed by atoms with E-state index in [1.54, 1.807) is 0 Å². The number of aliphatic hydroxyl groups is 1. The number of benzene rings is 2. The van der Waals surface area contributed by atoms with Crippen LogP contribution in [0.15, 0.2) is 90.4 Å². The van der Waals surface area contributed by atoms with Crippen LogP contribution in [0.4, 0.5) is 0 Å². The highest BCUT2D eigenvalue weighted by atomic mass is 16.7. The first-order valence-electron chi connectivity index (χ1n) is 11.8. The molecule has 2 aromatic rings. The SMILES string of the molecule is C=CC1CCO[C]C1C(=C=C(O)c1ccccc1)C=C=Cc1ccc(OC2CCCCO2)cc1. The Labute approximate surface area is 202 Å². The van der Waals surface area contributed by atoms with Gasteiger partial charge in [0.1, 0.15) is 12.4 Å². The van der Waals surface area contributed by atoms with E-state index >= 15 is 0 Å². The molecule has 2 aliphatic heterocycles. The maximum atomic E-state index is 10.7. The van der Waals surface area contributed by atoms with Gasteiger partial charge in [-0.15, -0.1) is 12.3 Å². The van der Waals surface area contributed by atoms with Crippen LogP contribution in [-0.4, -0.2) is 24.6 Å². The van der Waals surface area contributed by atoms with Crippen LogP contribution in [0, 0.1) is 18.4 Å². The van der Waals surface area contributed by atoms with Gasteiger partial charge in [-0.2, -0.15) is 0 Å². The normalized spacial score (nSPS) is 21.9. The Morgan fingerprint density at radius 3 is 2.62 bits per heavy atom. The molecule has 2 radical (unpaired) electrons. The number of aliphatic hydroxyl groups excluding tert-OH is 1. The topological polar surface area (TPSA) is 47.9 Å². The van der Waals surface area contributed by atoms with Crippen molar-refractivity contribution in [1.29, 1.82) is 0 Å². The molecule has 174 valence electrons. The van der Waals surface area contributed by atoms with E-state index in [0.29, 0.717) is 12.2 Å². The molecule has 0 bridgehead atoms. The number of allylic oxidation sites excluding steroid dienone is 2. The van der Waals surface area contributed by atoms with Crippen LogP contribution in [0.1, 0.15) is 36.8 Å². The Kier molecular flexibility index (Phi) is 8.62. The molecule has 0 amide bonds. The molecule has 1 N–H and O–H groups in total. The third kappa shape index (κ3) is 6.63. The molecule has 0 aromatic heterocycles. The fourth-order valence-corrected chi connectivity index (χ4v) is 3.98. The minimum absolute atomic E-state index is 0.0651. The second-order valence-electron chi connectivity index (χ2n) is 8.37. The molecule has 4 nitrogen and oxygen atoms in total. The fraction of sp³-hybridized carbons (Fsp3) is 0.300. The Hall–Kier alpha value is -3.26. The molecule has 3 atom stereocenters. The largest absolute Gasteiger partial charge is 0.501 e. The van der Waals surface area contributed by atoms with Gasteiger partial charge in [-0.3, -0.25) is 0 Å². The zero-order valence-electron chi connectivity index (χ0n) is 19.3. The summed E-state index contributed by atoms with van der Waals surface area (Å²) in [5.41, 5.74) is 8.78. The van der Waals surface area contributed by atoms with E-state index < -0.39 is 0 Å². The Balaban J connectivity index is 1.56. The first-order chi connectivity index (χ1) is 16.7. The van der Waals surface area contributed by atoms with Gasteiger partial charge in [0.05, 0.1) is 6.61 Å². The Morgan fingerprint density at radius 1 is 1.06 bits per heavy atom. The number of ether oxygens (including phenoxy) is 3. The maximum absolute atomic E-state index is 10.7. The predicted molar refractivity (Wildman–Crippen MR) is 134 cm³/mol. The molecule has 0 saturated carbocycles. The van der Waals surface area contributed by atoms with Crippen LogP contribution in [-0.2, 0) is 9.47 Å². The van der Waals surface area contributed by atoms with Crippen LogP contribution < -0.4 is 4.74 Å². The van der Waals surface area contributed by atoms with Gasteiger partial charge in [-0.25, -0.2) is 0 Å². The zero-order valence-corrected chi connectivity index (χ0v) is 19.3. The van der Waals surface area contributed by atoms with E-state index in [9.17, 15) is 5.11 Å². The predicted octanol–water partition coefficient (Wildman–Crippen LogP) is 6.76. The molecular formula is C30H30O4. The lowest BCUT2D eigenvalue weighted by Crippen LogP contribution is -2.24. The molecular weight excluding hydrogens is 424 g/mol. The highest BCUT2D eigenvalue weighted by Gasteiger charge is 2.27. The van der Waals surface area contributed by atoms with Crippen molar-refractivity contribution in [3.05, 3.63) is 108 Å². The van der Waals surface area contributed by atoms with Gasteiger partial charge in [0, 0.05) is 30.1 Å². The fourth-order valence-electron chi connectivity index (χ4n) is 3.98. The van der Waals surface area contributed by atoms with Crippen molar-refractivity contribution in [1.82, 2.24) is 0 Å². The summed E-state index contributed by atoms with van der Waals surface area (Å²) in [4.78, 5) is 0. The summed E-state index contributed by atoms with van der Waals surface area (Å²) in [7, 11) is 0. The second-order valence-corrected chi connectivity index (χ2v) is 8.37. The molecule has 0 spiro atoms. The molecule has 34 heavy (non-hydrogen) atoms. The third-order valence-corrected chi connectivity index (χ3v) is 5.91. The van der Waals surface area contributed by atoms with Gasteiger partial charge in [-0.05, 0) is 55.0 Å². The van der Waals surface area contributed by atoms with E-state index in [1.807, 2.05) is 72.8 Å². The molecule has 2 aromatic carbocycles. The zero-order chi connectivity index (χ0) is 23.6. The standard InChI is InChI=1S/C30H30O4/c1-2-24-18-20-32-22-28(24)26(21-29(31)25-10-4-3-5-11-25)12-8-9-23-14-16-27(17-15-23)34-30-13-6-7-19-33-30/h2-5,9-12,14-17,24,28,30-31H,1,6-7,13,18-20H2. The van der Waals surface area contributed by atoms with Crippen molar-refractivity contribution in [3.8, 4) is 5.75 Å². The molecule has 3 unspecified atom stereocenters. The molecule has 2 heterocycles. The van der Waals surface area contributed by atoms with Crippen LogP contribution in [0.3, 0.4) is 0 Å². The van der Waals surface area contributed by atoms with E-state index in [0.717, 1.165) is 49.2 Å². The number of rotatable bonds is 7. The minimum Gasteiger partial charge on any atom is -0.501 e. The van der Waals surface area contributed by atoms with Crippen LogP contribution >= 0.6 is 0 Å². The van der Waals surface area contributed by atoms with Crippen molar-refractivity contribution >= 4 is 11.8 Å². The highest BCUT2D eigenvalue weighted by molar-refractivity contribution is 5.59. The van der Waals surface area contributed by atoms with Crippen LogP contribution in [0.2, 0.25) is 0 Å². The van der Waals surface area contributed by atoms with E-state index in [1.165, 1.54) is 0 Å². The van der Waals surface area contributed by atoms with Crippen molar-refractivity contribution < 1.29 is 19.3 Å². The van der Waals surface area contributed by atoms with E-state index in [-0.39, 0.29) is 23.9 Å². The molecule has 2 saturated heterocycles. The van der Waals surface area contributed by atoms with Gasteiger partial charge >= 0.3 is 0 Å².